The third kappa shape index (κ3) is 2.31. The van der Waals surface area contributed by atoms with Gasteiger partial charge in [0.05, 0.1) is 5.69 Å². The van der Waals surface area contributed by atoms with E-state index in [1.807, 2.05) is 23.2 Å². The zero-order valence-electron chi connectivity index (χ0n) is 12.6. The van der Waals surface area contributed by atoms with Crippen molar-refractivity contribution in [2.45, 2.75) is 25.8 Å². The molecule has 1 atom stereocenters. The predicted octanol–water partition coefficient (Wildman–Crippen LogP) is 2.56. The third-order valence-corrected chi connectivity index (χ3v) is 4.72. The Labute approximate surface area is 142 Å². The molecule has 7 heteroatoms. The summed E-state index contributed by atoms with van der Waals surface area (Å²) < 4.78 is 0.953. The number of fused-ring (bicyclic) bond motifs is 2. The van der Waals surface area contributed by atoms with Crippen molar-refractivity contribution in [3.05, 3.63) is 45.8 Å². The molecule has 0 saturated heterocycles. The number of nitrogens with one attached hydrogen (secondary N) is 2. The Morgan fingerprint density at radius 3 is 3.09 bits per heavy atom. The second kappa shape index (κ2) is 5.58. The van der Waals surface area contributed by atoms with E-state index in [-0.39, 0.29) is 11.8 Å². The number of halogens is 1. The minimum Gasteiger partial charge on any atom is -0.325 e. The first kappa shape index (κ1) is 14.6. The number of rotatable bonds is 3. The number of benzene rings is 1. The first-order valence-corrected chi connectivity index (χ1v) is 8.43. The van der Waals surface area contributed by atoms with E-state index in [1.165, 1.54) is 0 Å². The molecule has 1 aromatic carbocycles. The largest absolute Gasteiger partial charge is 0.325 e. The summed E-state index contributed by atoms with van der Waals surface area (Å²) >= 11 is 3.48. The quantitative estimate of drug-likeness (QED) is 0.864. The summed E-state index contributed by atoms with van der Waals surface area (Å²) in [7, 11) is 0. The number of carbonyl (C=O) groups is 1. The van der Waals surface area contributed by atoms with Crippen LogP contribution in [0.15, 0.2) is 29.0 Å². The highest BCUT2D eigenvalue weighted by Crippen LogP contribution is 2.40. The van der Waals surface area contributed by atoms with Crippen LogP contribution >= 0.6 is 15.9 Å². The van der Waals surface area contributed by atoms with Gasteiger partial charge in [0.2, 0.25) is 5.91 Å². The molecule has 0 saturated carbocycles. The summed E-state index contributed by atoms with van der Waals surface area (Å²) in [5, 5.41) is 4.98. The lowest BCUT2D eigenvalue weighted by Crippen LogP contribution is -2.32. The van der Waals surface area contributed by atoms with Gasteiger partial charge in [0, 0.05) is 28.8 Å². The van der Waals surface area contributed by atoms with Crippen LogP contribution in [0.1, 0.15) is 36.1 Å². The molecule has 2 N–H and O–H groups in total. The van der Waals surface area contributed by atoms with Crippen LogP contribution in [0.4, 0.5) is 11.5 Å². The Morgan fingerprint density at radius 1 is 1.39 bits per heavy atom. The van der Waals surface area contributed by atoms with E-state index >= 15 is 0 Å². The van der Waals surface area contributed by atoms with Crippen LogP contribution < -0.4 is 15.8 Å². The highest BCUT2D eigenvalue weighted by Gasteiger charge is 2.37. The van der Waals surface area contributed by atoms with Gasteiger partial charge in [-0.05, 0) is 30.2 Å². The lowest BCUT2D eigenvalue weighted by atomic mass is 9.94. The fourth-order valence-electron chi connectivity index (χ4n) is 3.23. The van der Waals surface area contributed by atoms with Crippen LogP contribution in [0.25, 0.3) is 0 Å². The molecule has 1 unspecified atom stereocenters. The van der Waals surface area contributed by atoms with Crippen molar-refractivity contribution in [3.8, 4) is 0 Å². The number of carbonyl (C=O) groups excluding carboxylic acids is 1. The number of nitrogens with zero attached hydrogens (tertiary/aromatic N) is 3. The van der Waals surface area contributed by atoms with E-state index < -0.39 is 0 Å². The molecule has 0 fully saturated rings. The first-order chi connectivity index (χ1) is 11.2. The van der Waals surface area contributed by atoms with Gasteiger partial charge in [-0.1, -0.05) is 22.9 Å². The van der Waals surface area contributed by atoms with Crippen LogP contribution in [0.3, 0.4) is 0 Å². The third-order valence-electron chi connectivity index (χ3n) is 4.22. The van der Waals surface area contributed by atoms with Crippen LogP contribution in [0, 0.1) is 0 Å². The Balaban J connectivity index is 1.81. The van der Waals surface area contributed by atoms with E-state index in [9.17, 15) is 4.79 Å². The maximum Gasteiger partial charge on any atom is 0.238 e. The van der Waals surface area contributed by atoms with Crippen LogP contribution in [0.5, 0.6) is 0 Å². The Bertz CT molecular complexity index is 794. The first-order valence-electron chi connectivity index (χ1n) is 7.64. The highest BCUT2D eigenvalue weighted by atomic mass is 79.9. The molecule has 6 nitrogen and oxygen atoms in total. The lowest BCUT2D eigenvalue weighted by molar-refractivity contribution is -0.116. The van der Waals surface area contributed by atoms with Crippen LogP contribution in [-0.4, -0.2) is 22.4 Å². The lowest BCUT2D eigenvalue weighted by Gasteiger charge is -2.17. The van der Waals surface area contributed by atoms with Crippen molar-refractivity contribution in [2.75, 3.05) is 16.9 Å². The molecular weight excluding hydrogens is 358 g/mol. The summed E-state index contributed by atoms with van der Waals surface area (Å²) in [6.07, 6.45) is 2.57. The summed E-state index contributed by atoms with van der Waals surface area (Å²) in [5.41, 5.74) is 6.93. The number of aromatic nitrogens is 2. The maximum absolute atomic E-state index is 12.5. The second-order valence-electron chi connectivity index (χ2n) is 5.70. The smallest absolute Gasteiger partial charge is 0.238 e. The molecule has 0 radical (unpaired) electrons. The molecule has 23 heavy (non-hydrogen) atoms. The molecule has 1 amide bonds. The van der Waals surface area contributed by atoms with E-state index in [0.717, 1.165) is 45.8 Å². The van der Waals surface area contributed by atoms with Crippen LogP contribution in [-0.2, 0) is 11.3 Å². The SMILES string of the molecule is CCCN1NCc2c(C3C(=O)Nc4ccc(Br)cc43)ncnc21. The summed E-state index contributed by atoms with van der Waals surface area (Å²) in [6, 6.07) is 5.83. The van der Waals surface area contributed by atoms with E-state index in [2.05, 4.69) is 43.6 Å². The fraction of sp³-hybridized carbons (Fsp3) is 0.312. The van der Waals surface area contributed by atoms with Gasteiger partial charge >= 0.3 is 0 Å². The second-order valence-corrected chi connectivity index (χ2v) is 6.62. The van der Waals surface area contributed by atoms with Crippen molar-refractivity contribution in [3.63, 3.8) is 0 Å². The van der Waals surface area contributed by atoms with Gasteiger partial charge in [-0.3, -0.25) is 9.80 Å². The normalized spacial score (nSPS) is 18.8. The molecule has 4 rings (SSSR count). The maximum atomic E-state index is 12.5. The number of amides is 1. The average Bonchev–Trinajstić information content (AvgIpc) is 3.08. The van der Waals surface area contributed by atoms with Gasteiger partial charge in [0.1, 0.15) is 12.2 Å². The van der Waals surface area contributed by atoms with Crippen molar-refractivity contribution < 1.29 is 4.79 Å². The molecule has 0 aliphatic carbocycles. The minimum atomic E-state index is -0.386. The van der Waals surface area contributed by atoms with E-state index in [1.54, 1.807) is 6.33 Å². The van der Waals surface area contributed by atoms with Gasteiger partial charge in [0.15, 0.2) is 5.82 Å². The molecule has 1 aromatic heterocycles. The van der Waals surface area contributed by atoms with Gasteiger partial charge in [-0.2, -0.15) is 0 Å². The Kier molecular flexibility index (Phi) is 3.54. The standard InChI is InChI=1S/C16H16BrN5O/c1-2-5-22-15-11(7-20-22)14(18-8-19-15)13-10-6-9(17)3-4-12(10)21-16(13)23/h3-4,6,8,13,20H,2,5,7H2,1H3,(H,21,23). The zero-order valence-corrected chi connectivity index (χ0v) is 14.2. The molecule has 0 bridgehead atoms. The monoisotopic (exact) mass is 373 g/mol. The van der Waals surface area contributed by atoms with E-state index in [0.29, 0.717) is 6.54 Å². The number of hydrogen-bond acceptors (Lipinski definition) is 5. The predicted molar refractivity (Wildman–Crippen MR) is 91.1 cm³/mol. The summed E-state index contributed by atoms with van der Waals surface area (Å²) in [5.74, 6) is 0.462. The van der Waals surface area contributed by atoms with Gasteiger partial charge in [0.25, 0.3) is 0 Å². The molecule has 3 heterocycles. The van der Waals surface area contributed by atoms with Crippen molar-refractivity contribution in [1.29, 1.82) is 0 Å². The van der Waals surface area contributed by atoms with Crippen molar-refractivity contribution in [2.24, 2.45) is 0 Å². The minimum absolute atomic E-state index is 0.0343. The Hall–Kier alpha value is -1.99. The number of hydrogen-bond donors (Lipinski definition) is 2. The van der Waals surface area contributed by atoms with Crippen molar-refractivity contribution in [1.82, 2.24) is 15.4 Å². The molecular formula is C16H16BrN5O. The topological polar surface area (TPSA) is 70.2 Å². The van der Waals surface area contributed by atoms with E-state index in [4.69, 9.17) is 0 Å². The fourth-order valence-corrected chi connectivity index (χ4v) is 3.61. The molecule has 118 valence electrons. The van der Waals surface area contributed by atoms with Crippen LogP contribution in [0.2, 0.25) is 0 Å². The number of hydrazine groups is 1. The molecule has 2 aliphatic rings. The zero-order chi connectivity index (χ0) is 16.0. The number of anilines is 2. The Morgan fingerprint density at radius 2 is 2.26 bits per heavy atom. The van der Waals surface area contributed by atoms with Gasteiger partial charge in [-0.25, -0.2) is 15.4 Å². The summed E-state index contributed by atoms with van der Waals surface area (Å²) in [6.45, 7) is 3.65. The van der Waals surface area contributed by atoms with Gasteiger partial charge < -0.3 is 5.32 Å². The van der Waals surface area contributed by atoms with Gasteiger partial charge in [-0.15, -0.1) is 0 Å². The molecule has 0 spiro atoms. The van der Waals surface area contributed by atoms with Crippen molar-refractivity contribution >= 4 is 33.3 Å². The summed E-state index contributed by atoms with van der Waals surface area (Å²) in [4.78, 5) is 21.4. The average molecular weight is 374 g/mol. The molecule has 2 aliphatic heterocycles. The molecule has 2 aromatic rings. The highest BCUT2D eigenvalue weighted by molar-refractivity contribution is 9.10.